The average Bonchev–Trinajstić information content (AvgIpc) is 3.42. The molecule has 2 saturated heterocycles. The van der Waals surface area contributed by atoms with Crippen LogP contribution in [0.3, 0.4) is 0 Å². The van der Waals surface area contributed by atoms with Gasteiger partial charge in [-0.1, -0.05) is 6.92 Å². The summed E-state index contributed by atoms with van der Waals surface area (Å²) in [4.78, 5) is 27.0. The number of piperazine rings is 1. The van der Waals surface area contributed by atoms with E-state index in [-0.39, 0.29) is 6.04 Å². The van der Waals surface area contributed by atoms with Crippen LogP contribution in [0.2, 0.25) is 0 Å². The van der Waals surface area contributed by atoms with E-state index in [0.29, 0.717) is 5.91 Å². The van der Waals surface area contributed by atoms with Gasteiger partial charge in [0.15, 0.2) is 5.96 Å². The molecular formula is C21H35N5OS. The Balaban J connectivity index is 1.54. The van der Waals surface area contributed by atoms with Crippen molar-refractivity contribution in [3.8, 4) is 0 Å². The van der Waals surface area contributed by atoms with Crippen LogP contribution in [0.25, 0.3) is 0 Å². The second-order valence-electron chi connectivity index (χ2n) is 7.62. The smallest absolute Gasteiger partial charge is 0.239 e. The molecule has 0 bridgehead atoms. The van der Waals surface area contributed by atoms with Crippen molar-refractivity contribution in [2.24, 2.45) is 4.99 Å². The lowest BCUT2D eigenvalue weighted by molar-refractivity contribution is -0.135. The van der Waals surface area contributed by atoms with Gasteiger partial charge in [-0.3, -0.25) is 9.69 Å². The van der Waals surface area contributed by atoms with Gasteiger partial charge in [-0.15, -0.1) is 11.3 Å². The quantitative estimate of drug-likeness (QED) is 0.583. The Bertz CT molecular complexity index is 660. The van der Waals surface area contributed by atoms with E-state index >= 15 is 0 Å². The average molecular weight is 406 g/mol. The first-order valence-corrected chi connectivity index (χ1v) is 11.6. The van der Waals surface area contributed by atoms with Crippen molar-refractivity contribution in [3.63, 3.8) is 0 Å². The molecule has 0 saturated carbocycles. The van der Waals surface area contributed by atoms with Gasteiger partial charge in [0, 0.05) is 55.6 Å². The summed E-state index contributed by atoms with van der Waals surface area (Å²) in [5.74, 6) is 1.29. The summed E-state index contributed by atoms with van der Waals surface area (Å²) in [7, 11) is 0. The molecule has 0 aliphatic carbocycles. The van der Waals surface area contributed by atoms with Gasteiger partial charge in [0.2, 0.25) is 5.91 Å². The molecule has 1 aromatic heterocycles. The molecule has 7 heteroatoms. The molecule has 2 fully saturated rings. The summed E-state index contributed by atoms with van der Waals surface area (Å²) in [6, 6.07) is 4.39. The van der Waals surface area contributed by atoms with Crippen LogP contribution in [0.4, 0.5) is 0 Å². The maximum atomic E-state index is 12.7. The second-order valence-corrected chi connectivity index (χ2v) is 8.88. The van der Waals surface area contributed by atoms with E-state index in [2.05, 4.69) is 48.0 Å². The molecule has 2 aliphatic heterocycles. The van der Waals surface area contributed by atoms with Crippen LogP contribution in [0.15, 0.2) is 17.1 Å². The topological polar surface area (TPSA) is 51.2 Å². The molecule has 1 amide bonds. The second kappa shape index (κ2) is 10.3. The van der Waals surface area contributed by atoms with E-state index in [4.69, 9.17) is 4.99 Å². The molecule has 0 aromatic carbocycles. The summed E-state index contributed by atoms with van der Waals surface area (Å²) >= 11 is 1.86. The molecule has 1 N–H and O–H groups in total. The number of hydrogen-bond donors (Lipinski definition) is 1. The number of hydrogen-bond acceptors (Lipinski definition) is 4. The Labute approximate surface area is 173 Å². The van der Waals surface area contributed by atoms with Gasteiger partial charge in [-0.25, -0.2) is 4.99 Å². The Morgan fingerprint density at radius 1 is 1.07 bits per heavy atom. The van der Waals surface area contributed by atoms with Crippen LogP contribution in [-0.2, 0) is 17.8 Å². The minimum absolute atomic E-state index is 0.0154. The third-order valence-electron chi connectivity index (χ3n) is 5.72. The highest BCUT2D eigenvalue weighted by Crippen LogP contribution is 2.18. The zero-order valence-corrected chi connectivity index (χ0v) is 18.4. The summed E-state index contributed by atoms with van der Waals surface area (Å²) in [5.41, 5.74) is 0. The van der Waals surface area contributed by atoms with E-state index in [1.54, 1.807) is 0 Å². The van der Waals surface area contributed by atoms with Crippen LogP contribution < -0.4 is 5.32 Å². The Hall–Kier alpha value is -1.60. The van der Waals surface area contributed by atoms with Crippen molar-refractivity contribution in [2.45, 2.75) is 52.6 Å². The minimum atomic E-state index is -0.0154. The van der Waals surface area contributed by atoms with Crippen LogP contribution in [-0.4, -0.2) is 78.4 Å². The number of nitrogens with zero attached hydrogens (tertiary/aromatic N) is 4. The largest absolute Gasteiger partial charge is 0.357 e. The van der Waals surface area contributed by atoms with Crippen molar-refractivity contribution in [2.75, 3.05) is 45.8 Å². The number of amides is 1. The minimum Gasteiger partial charge on any atom is -0.357 e. The highest BCUT2D eigenvalue weighted by atomic mass is 32.1. The van der Waals surface area contributed by atoms with E-state index in [9.17, 15) is 4.79 Å². The van der Waals surface area contributed by atoms with Crippen LogP contribution >= 0.6 is 11.3 Å². The van der Waals surface area contributed by atoms with E-state index in [1.165, 1.54) is 9.75 Å². The van der Waals surface area contributed by atoms with Gasteiger partial charge in [0.1, 0.15) is 0 Å². The molecule has 0 spiro atoms. The Kier molecular flexibility index (Phi) is 7.73. The fraction of sp³-hybridized carbons (Fsp3) is 0.714. The molecule has 0 radical (unpaired) electrons. The first-order valence-electron chi connectivity index (χ1n) is 10.8. The molecule has 2 aliphatic rings. The highest BCUT2D eigenvalue weighted by molar-refractivity contribution is 7.11. The number of nitrogens with one attached hydrogen (secondary N) is 1. The van der Waals surface area contributed by atoms with Crippen LogP contribution in [0.1, 0.15) is 43.4 Å². The molecule has 6 nitrogen and oxygen atoms in total. The fourth-order valence-corrected chi connectivity index (χ4v) is 4.84. The predicted octanol–water partition coefficient (Wildman–Crippen LogP) is 2.40. The summed E-state index contributed by atoms with van der Waals surface area (Å²) < 4.78 is 0. The number of thiophene rings is 1. The third-order valence-corrected chi connectivity index (χ3v) is 6.94. The van der Waals surface area contributed by atoms with Crippen LogP contribution in [0, 0.1) is 0 Å². The van der Waals surface area contributed by atoms with Gasteiger partial charge < -0.3 is 15.1 Å². The number of carbonyl (C=O) groups is 1. The maximum Gasteiger partial charge on any atom is 0.239 e. The number of rotatable bonds is 6. The highest BCUT2D eigenvalue weighted by Gasteiger charge is 2.30. The number of guanidine groups is 1. The normalized spacial score (nSPS) is 19.9. The van der Waals surface area contributed by atoms with E-state index in [1.807, 2.05) is 16.2 Å². The molecular weight excluding hydrogens is 370 g/mol. The van der Waals surface area contributed by atoms with Gasteiger partial charge >= 0.3 is 0 Å². The van der Waals surface area contributed by atoms with Crippen molar-refractivity contribution < 1.29 is 4.79 Å². The summed E-state index contributed by atoms with van der Waals surface area (Å²) in [5, 5.41) is 3.44. The fourth-order valence-electron chi connectivity index (χ4n) is 3.95. The van der Waals surface area contributed by atoms with Crippen molar-refractivity contribution in [1.29, 1.82) is 0 Å². The van der Waals surface area contributed by atoms with E-state index < -0.39 is 0 Å². The molecule has 1 unspecified atom stereocenters. The number of aliphatic imine (C=N–C) groups is 1. The lowest BCUT2D eigenvalue weighted by Crippen LogP contribution is -2.57. The zero-order valence-electron chi connectivity index (χ0n) is 17.6. The van der Waals surface area contributed by atoms with Gasteiger partial charge in [-0.05, 0) is 45.2 Å². The number of aryl methyl sites for hydroxylation is 1. The number of likely N-dealkylation sites (tertiary alicyclic amines) is 1. The standard InChI is InChI=1S/C21H35N5OS/c1-4-18-8-9-19(28-18)16-23-21(22-5-2)26-14-12-24(13-15-26)17(3)20(27)25-10-6-7-11-25/h8-9,17H,4-7,10-16H2,1-3H3,(H,22,23). The summed E-state index contributed by atoms with van der Waals surface area (Å²) in [6.07, 6.45) is 3.39. The lowest BCUT2D eigenvalue weighted by atomic mass is 10.2. The van der Waals surface area contributed by atoms with Crippen molar-refractivity contribution in [1.82, 2.24) is 20.0 Å². The molecule has 156 valence electrons. The molecule has 3 heterocycles. The molecule has 1 aromatic rings. The lowest BCUT2D eigenvalue weighted by Gasteiger charge is -2.39. The van der Waals surface area contributed by atoms with Crippen LogP contribution in [0.5, 0.6) is 0 Å². The SMILES string of the molecule is CCNC(=NCc1ccc(CC)s1)N1CCN(C(C)C(=O)N2CCCC2)CC1. The summed E-state index contributed by atoms with van der Waals surface area (Å²) in [6.45, 7) is 13.5. The van der Waals surface area contributed by atoms with Crippen molar-refractivity contribution >= 4 is 23.2 Å². The molecule has 3 rings (SSSR count). The van der Waals surface area contributed by atoms with Crippen molar-refractivity contribution in [3.05, 3.63) is 21.9 Å². The first kappa shape index (κ1) is 21.1. The Morgan fingerprint density at radius 3 is 2.36 bits per heavy atom. The van der Waals surface area contributed by atoms with Gasteiger partial charge in [0.05, 0.1) is 12.6 Å². The van der Waals surface area contributed by atoms with Gasteiger partial charge in [-0.2, -0.15) is 0 Å². The van der Waals surface area contributed by atoms with Gasteiger partial charge in [0.25, 0.3) is 0 Å². The maximum absolute atomic E-state index is 12.7. The Morgan fingerprint density at radius 2 is 1.75 bits per heavy atom. The third kappa shape index (κ3) is 5.26. The van der Waals surface area contributed by atoms with E-state index in [0.717, 1.165) is 77.6 Å². The zero-order chi connectivity index (χ0) is 19.9. The molecule has 28 heavy (non-hydrogen) atoms. The number of carbonyl (C=O) groups excluding carboxylic acids is 1. The predicted molar refractivity (Wildman–Crippen MR) is 117 cm³/mol. The molecule has 1 atom stereocenters. The first-order chi connectivity index (χ1) is 13.6. The monoisotopic (exact) mass is 405 g/mol.